The highest BCUT2D eigenvalue weighted by Crippen LogP contribution is 2.20. The third-order valence-electron chi connectivity index (χ3n) is 3.15. The molecule has 17 heavy (non-hydrogen) atoms. The van der Waals surface area contributed by atoms with Crippen LogP contribution >= 0.6 is 0 Å². The van der Waals surface area contributed by atoms with Crippen LogP contribution in [0.3, 0.4) is 0 Å². The molecule has 0 fully saturated rings. The molecule has 1 heterocycles. The Hall–Kier alpha value is -1.67. The molecule has 2 rings (SSSR count). The highest BCUT2D eigenvalue weighted by Gasteiger charge is 2.10. The highest BCUT2D eigenvalue weighted by atomic mass is 14.8. The summed E-state index contributed by atoms with van der Waals surface area (Å²) in [5.41, 5.74) is 12.0. The number of hydrogen-bond acceptors (Lipinski definition) is 2. The van der Waals surface area contributed by atoms with Crippen molar-refractivity contribution in [2.24, 2.45) is 5.73 Å². The van der Waals surface area contributed by atoms with Gasteiger partial charge in [0.25, 0.3) is 0 Å². The van der Waals surface area contributed by atoms with Gasteiger partial charge in [-0.05, 0) is 55.2 Å². The van der Waals surface area contributed by atoms with E-state index in [1.807, 2.05) is 18.3 Å². The second-order valence-electron chi connectivity index (χ2n) is 4.58. The Balaban J connectivity index is 2.36. The Morgan fingerprint density at radius 1 is 1.00 bits per heavy atom. The van der Waals surface area contributed by atoms with Crippen LogP contribution in [0.2, 0.25) is 0 Å². The maximum atomic E-state index is 6.24. The Morgan fingerprint density at radius 3 is 2.41 bits per heavy atom. The van der Waals surface area contributed by atoms with Gasteiger partial charge in [-0.25, -0.2) is 0 Å². The maximum absolute atomic E-state index is 6.24. The van der Waals surface area contributed by atoms with E-state index in [0.29, 0.717) is 0 Å². The summed E-state index contributed by atoms with van der Waals surface area (Å²) in [4.78, 5) is 4.34. The van der Waals surface area contributed by atoms with E-state index in [1.54, 1.807) is 0 Å². The fourth-order valence-electron chi connectivity index (χ4n) is 1.86. The van der Waals surface area contributed by atoms with Crippen LogP contribution in [0.5, 0.6) is 0 Å². The van der Waals surface area contributed by atoms with E-state index in [1.165, 1.54) is 16.7 Å². The van der Waals surface area contributed by atoms with Gasteiger partial charge in [0.15, 0.2) is 0 Å². The Labute approximate surface area is 103 Å². The number of rotatable bonds is 2. The lowest BCUT2D eigenvalue weighted by Crippen LogP contribution is -2.13. The average molecular weight is 226 g/mol. The molecule has 0 saturated carbocycles. The lowest BCUT2D eigenvalue weighted by molar-refractivity contribution is 0.824. The van der Waals surface area contributed by atoms with Gasteiger partial charge in [0, 0.05) is 6.20 Å². The van der Waals surface area contributed by atoms with Crippen molar-refractivity contribution >= 4 is 0 Å². The van der Waals surface area contributed by atoms with Crippen molar-refractivity contribution in [3.05, 3.63) is 64.5 Å². The van der Waals surface area contributed by atoms with E-state index in [9.17, 15) is 0 Å². The van der Waals surface area contributed by atoms with Gasteiger partial charge in [0.05, 0.1) is 11.7 Å². The van der Waals surface area contributed by atoms with E-state index >= 15 is 0 Å². The minimum absolute atomic E-state index is 0.144. The van der Waals surface area contributed by atoms with Crippen molar-refractivity contribution in [3.8, 4) is 0 Å². The normalized spacial score (nSPS) is 12.5. The molecule has 2 heteroatoms. The summed E-state index contributed by atoms with van der Waals surface area (Å²) < 4.78 is 0. The summed E-state index contributed by atoms with van der Waals surface area (Å²) in [5, 5.41) is 0. The third-order valence-corrected chi connectivity index (χ3v) is 3.15. The van der Waals surface area contributed by atoms with Crippen LogP contribution in [-0.4, -0.2) is 4.98 Å². The monoisotopic (exact) mass is 226 g/mol. The number of hydrogen-bond donors (Lipinski definition) is 1. The molecule has 0 aliphatic heterocycles. The zero-order valence-electron chi connectivity index (χ0n) is 10.6. The van der Waals surface area contributed by atoms with Crippen molar-refractivity contribution in [1.29, 1.82) is 0 Å². The standard InChI is InChI=1S/C15H18N2/c1-10-6-7-17-14(8-10)15(16)13-5-4-11(2)12(3)9-13/h4-9,15H,16H2,1-3H3. The summed E-state index contributed by atoms with van der Waals surface area (Å²) in [5.74, 6) is 0. The molecule has 0 spiro atoms. The summed E-state index contributed by atoms with van der Waals surface area (Å²) in [6.45, 7) is 6.27. The molecule has 0 aliphatic rings. The first-order valence-electron chi connectivity index (χ1n) is 5.83. The SMILES string of the molecule is Cc1ccnc(C(N)c2ccc(C)c(C)c2)c1. The van der Waals surface area contributed by atoms with Gasteiger partial charge in [-0.3, -0.25) is 4.98 Å². The molecule has 1 aromatic carbocycles. The van der Waals surface area contributed by atoms with Gasteiger partial charge in [-0.2, -0.15) is 0 Å². The maximum Gasteiger partial charge on any atom is 0.0726 e. The summed E-state index contributed by atoms with van der Waals surface area (Å²) in [7, 11) is 0. The number of aromatic nitrogens is 1. The molecule has 0 amide bonds. The zero-order chi connectivity index (χ0) is 12.4. The van der Waals surface area contributed by atoms with E-state index in [4.69, 9.17) is 5.73 Å². The summed E-state index contributed by atoms with van der Waals surface area (Å²) >= 11 is 0. The Morgan fingerprint density at radius 2 is 1.76 bits per heavy atom. The minimum Gasteiger partial charge on any atom is -0.319 e. The van der Waals surface area contributed by atoms with Crippen molar-refractivity contribution in [3.63, 3.8) is 0 Å². The molecule has 2 nitrogen and oxygen atoms in total. The molecular weight excluding hydrogens is 208 g/mol. The number of nitrogens with two attached hydrogens (primary N) is 1. The summed E-state index contributed by atoms with van der Waals surface area (Å²) in [6.07, 6.45) is 1.81. The first-order chi connectivity index (χ1) is 8.08. The Bertz CT molecular complexity index is 532. The molecule has 0 aliphatic carbocycles. The molecule has 2 aromatic rings. The van der Waals surface area contributed by atoms with Crippen LogP contribution in [-0.2, 0) is 0 Å². The first-order valence-corrected chi connectivity index (χ1v) is 5.83. The van der Waals surface area contributed by atoms with E-state index in [0.717, 1.165) is 11.3 Å². The Kier molecular flexibility index (Phi) is 3.25. The van der Waals surface area contributed by atoms with E-state index in [-0.39, 0.29) is 6.04 Å². The van der Waals surface area contributed by atoms with Crippen LogP contribution in [0.4, 0.5) is 0 Å². The molecular formula is C15H18N2. The molecule has 0 bridgehead atoms. The topological polar surface area (TPSA) is 38.9 Å². The van der Waals surface area contributed by atoms with Crippen LogP contribution in [0.1, 0.15) is 34.0 Å². The molecule has 1 unspecified atom stereocenters. The smallest absolute Gasteiger partial charge is 0.0726 e. The molecule has 88 valence electrons. The molecule has 0 radical (unpaired) electrons. The van der Waals surface area contributed by atoms with E-state index < -0.39 is 0 Å². The second kappa shape index (κ2) is 4.68. The lowest BCUT2D eigenvalue weighted by Gasteiger charge is -2.13. The number of pyridine rings is 1. The van der Waals surface area contributed by atoms with Crippen molar-refractivity contribution < 1.29 is 0 Å². The average Bonchev–Trinajstić information content (AvgIpc) is 2.32. The number of benzene rings is 1. The van der Waals surface area contributed by atoms with Gasteiger partial charge in [-0.15, -0.1) is 0 Å². The lowest BCUT2D eigenvalue weighted by atomic mass is 9.99. The second-order valence-corrected chi connectivity index (χ2v) is 4.58. The summed E-state index contributed by atoms with van der Waals surface area (Å²) in [6, 6.07) is 10.2. The van der Waals surface area contributed by atoms with Gasteiger partial charge < -0.3 is 5.73 Å². The predicted molar refractivity (Wildman–Crippen MR) is 70.9 cm³/mol. The molecule has 2 N–H and O–H groups in total. The zero-order valence-corrected chi connectivity index (χ0v) is 10.6. The third kappa shape index (κ3) is 2.53. The fraction of sp³-hybridized carbons (Fsp3) is 0.267. The van der Waals surface area contributed by atoms with Crippen molar-refractivity contribution in [2.75, 3.05) is 0 Å². The molecule has 1 atom stereocenters. The van der Waals surface area contributed by atoms with Crippen LogP contribution in [0, 0.1) is 20.8 Å². The molecule has 1 aromatic heterocycles. The predicted octanol–water partition coefficient (Wildman–Crippen LogP) is 3.05. The number of nitrogens with zero attached hydrogens (tertiary/aromatic N) is 1. The fourth-order valence-corrected chi connectivity index (χ4v) is 1.86. The highest BCUT2D eigenvalue weighted by molar-refractivity contribution is 5.35. The van der Waals surface area contributed by atoms with Crippen molar-refractivity contribution in [1.82, 2.24) is 4.98 Å². The van der Waals surface area contributed by atoms with Crippen molar-refractivity contribution in [2.45, 2.75) is 26.8 Å². The molecule has 0 saturated heterocycles. The first kappa shape index (κ1) is 11.8. The van der Waals surface area contributed by atoms with Crippen LogP contribution in [0.15, 0.2) is 36.5 Å². The quantitative estimate of drug-likeness (QED) is 0.854. The van der Waals surface area contributed by atoms with Gasteiger partial charge in [0.1, 0.15) is 0 Å². The van der Waals surface area contributed by atoms with Gasteiger partial charge >= 0.3 is 0 Å². The van der Waals surface area contributed by atoms with Crippen LogP contribution in [0.25, 0.3) is 0 Å². The van der Waals surface area contributed by atoms with Gasteiger partial charge in [0.2, 0.25) is 0 Å². The minimum atomic E-state index is -0.144. The largest absolute Gasteiger partial charge is 0.319 e. The van der Waals surface area contributed by atoms with Crippen LogP contribution < -0.4 is 5.73 Å². The number of aryl methyl sites for hydroxylation is 3. The van der Waals surface area contributed by atoms with Gasteiger partial charge in [-0.1, -0.05) is 18.2 Å². The van der Waals surface area contributed by atoms with E-state index in [2.05, 4.69) is 44.0 Å².